The molecule has 14 heavy (non-hydrogen) atoms. The van der Waals surface area contributed by atoms with Gasteiger partial charge in [-0.1, -0.05) is 0 Å². The highest BCUT2D eigenvalue weighted by Gasteiger charge is 2.13. The van der Waals surface area contributed by atoms with E-state index >= 15 is 0 Å². The van der Waals surface area contributed by atoms with Gasteiger partial charge in [0, 0.05) is 18.7 Å². The molecular weight excluding hydrogens is 182 g/mol. The number of aliphatic carboxylic acids is 1. The van der Waals surface area contributed by atoms with E-state index in [0.717, 1.165) is 5.56 Å². The predicted molar refractivity (Wildman–Crippen MR) is 51.9 cm³/mol. The second-order valence-electron chi connectivity index (χ2n) is 3.57. The van der Waals surface area contributed by atoms with Crippen molar-refractivity contribution in [3.8, 4) is 0 Å². The zero-order valence-electron chi connectivity index (χ0n) is 8.34. The first-order chi connectivity index (χ1) is 6.50. The normalized spacial score (nSPS) is 13.1. The van der Waals surface area contributed by atoms with Crippen LogP contribution in [0.15, 0.2) is 12.4 Å². The summed E-state index contributed by atoms with van der Waals surface area (Å²) < 4.78 is 1.78. The summed E-state index contributed by atoms with van der Waals surface area (Å²) in [5.74, 6) is -0.984. The van der Waals surface area contributed by atoms with E-state index in [1.165, 1.54) is 0 Å². The Bertz CT molecular complexity index is 320. The Labute approximate surface area is 82.5 Å². The monoisotopic (exact) mass is 197 g/mol. The molecule has 0 saturated carbocycles. The van der Waals surface area contributed by atoms with Gasteiger partial charge in [-0.2, -0.15) is 5.10 Å². The Morgan fingerprint density at radius 2 is 2.36 bits per heavy atom. The molecule has 0 fully saturated rings. The van der Waals surface area contributed by atoms with Crippen molar-refractivity contribution in [3.05, 3.63) is 18.0 Å². The summed E-state index contributed by atoms with van der Waals surface area (Å²) in [6.07, 6.45) is 3.80. The summed E-state index contributed by atoms with van der Waals surface area (Å²) in [7, 11) is 0. The van der Waals surface area contributed by atoms with Crippen LogP contribution in [0.4, 0.5) is 0 Å². The van der Waals surface area contributed by atoms with E-state index in [-0.39, 0.29) is 6.04 Å². The van der Waals surface area contributed by atoms with Gasteiger partial charge in [0.25, 0.3) is 0 Å². The van der Waals surface area contributed by atoms with Gasteiger partial charge in [-0.15, -0.1) is 0 Å². The zero-order valence-corrected chi connectivity index (χ0v) is 8.34. The fourth-order valence-electron chi connectivity index (χ4n) is 1.11. The lowest BCUT2D eigenvalue weighted by Gasteiger charge is -2.04. The van der Waals surface area contributed by atoms with Crippen LogP contribution in [0.2, 0.25) is 0 Å². The second kappa shape index (κ2) is 4.23. The summed E-state index contributed by atoms with van der Waals surface area (Å²) in [6, 6.07) is -0.565. The van der Waals surface area contributed by atoms with Crippen LogP contribution in [0.1, 0.15) is 25.5 Å². The molecule has 0 radical (unpaired) electrons. The first kappa shape index (κ1) is 10.7. The minimum absolute atomic E-state index is 0.282. The second-order valence-corrected chi connectivity index (χ2v) is 3.57. The van der Waals surface area contributed by atoms with Gasteiger partial charge in [-0.05, 0) is 19.4 Å². The van der Waals surface area contributed by atoms with Crippen LogP contribution in [0.3, 0.4) is 0 Å². The highest BCUT2D eigenvalue weighted by molar-refractivity contribution is 5.73. The molecule has 3 N–H and O–H groups in total. The first-order valence-corrected chi connectivity index (χ1v) is 4.52. The summed E-state index contributed by atoms with van der Waals surface area (Å²) in [6.45, 7) is 4.02. The Morgan fingerprint density at radius 1 is 1.71 bits per heavy atom. The maximum Gasteiger partial charge on any atom is 0.320 e. The van der Waals surface area contributed by atoms with Crippen LogP contribution in [0.5, 0.6) is 0 Å². The van der Waals surface area contributed by atoms with E-state index in [4.69, 9.17) is 10.8 Å². The predicted octanol–water partition coefficient (Wildman–Crippen LogP) is 0.418. The molecular formula is C9H15N3O2. The molecule has 78 valence electrons. The molecule has 0 saturated heterocycles. The lowest BCUT2D eigenvalue weighted by atomic mass is 10.1. The molecule has 5 heteroatoms. The van der Waals surface area contributed by atoms with Crippen LogP contribution in [-0.4, -0.2) is 26.9 Å². The van der Waals surface area contributed by atoms with E-state index in [9.17, 15) is 4.79 Å². The summed E-state index contributed by atoms with van der Waals surface area (Å²) in [4.78, 5) is 10.5. The number of carboxylic acids is 1. The van der Waals surface area contributed by atoms with E-state index in [0.29, 0.717) is 6.42 Å². The quantitative estimate of drug-likeness (QED) is 0.732. The lowest BCUT2D eigenvalue weighted by molar-refractivity contribution is -0.138. The van der Waals surface area contributed by atoms with Gasteiger partial charge in [0.05, 0.1) is 6.20 Å². The Balaban J connectivity index is 2.64. The molecule has 0 aliphatic carbocycles. The molecule has 0 bridgehead atoms. The number of hydrogen-bond acceptors (Lipinski definition) is 3. The Morgan fingerprint density at radius 3 is 2.79 bits per heavy atom. The fraction of sp³-hybridized carbons (Fsp3) is 0.556. The third-order valence-corrected chi connectivity index (χ3v) is 1.96. The number of carbonyl (C=O) groups is 1. The number of nitrogens with zero attached hydrogens (tertiary/aromatic N) is 2. The van der Waals surface area contributed by atoms with Crippen LogP contribution in [0.25, 0.3) is 0 Å². The van der Waals surface area contributed by atoms with Crippen LogP contribution >= 0.6 is 0 Å². The number of nitrogens with two attached hydrogens (primary N) is 1. The molecule has 0 unspecified atom stereocenters. The van der Waals surface area contributed by atoms with E-state index < -0.39 is 12.0 Å². The van der Waals surface area contributed by atoms with Crippen molar-refractivity contribution < 1.29 is 9.90 Å². The lowest BCUT2D eigenvalue weighted by Crippen LogP contribution is -2.32. The summed E-state index contributed by atoms with van der Waals surface area (Å²) in [5, 5.41) is 12.7. The van der Waals surface area contributed by atoms with E-state index in [2.05, 4.69) is 5.10 Å². The molecule has 1 aromatic rings. The molecule has 1 aromatic heterocycles. The summed E-state index contributed by atoms with van der Waals surface area (Å²) >= 11 is 0. The molecule has 0 spiro atoms. The molecule has 0 amide bonds. The molecule has 0 aromatic carbocycles. The van der Waals surface area contributed by atoms with Crippen molar-refractivity contribution in [1.82, 2.24) is 9.78 Å². The third-order valence-electron chi connectivity index (χ3n) is 1.96. The largest absolute Gasteiger partial charge is 0.480 e. The molecule has 1 heterocycles. The molecule has 1 rings (SSSR count). The Hall–Kier alpha value is -1.36. The third kappa shape index (κ3) is 2.56. The van der Waals surface area contributed by atoms with Gasteiger partial charge in [0.2, 0.25) is 0 Å². The van der Waals surface area contributed by atoms with Gasteiger partial charge in [0.1, 0.15) is 6.04 Å². The highest BCUT2D eigenvalue weighted by atomic mass is 16.4. The average molecular weight is 197 g/mol. The SMILES string of the molecule is CC(C)n1cc(C[C@@H](N)C(=O)O)cn1. The van der Waals surface area contributed by atoms with Gasteiger partial charge in [0.15, 0.2) is 0 Å². The van der Waals surface area contributed by atoms with Crippen LogP contribution < -0.4 is 5.73 Å². The highest BCUT2D eigenvalue weighted by Crippen LogP contribution is 2.06. The minimum atomic E-state index is -0.984. The van der Waals surface area contributed by atoms with Crippen molar-refractivity contribution in [2.45, 2.75) is 32.4 Å². The topological polar surface area (TPSA) is 81.1 Å². The maximum absolute atomic E-state index is 10.5. The zero-order chi connectivity index (χ0) is 10.7. The standard InChI is InChI=1S/C9H15N3O2/c1-6(2)12-5-7(4-11-12)3-8(10)9(13)14/h4-6,8H,3,10H2,1-2H3,(H,13,14)/t8-/m1/s1. The van der Waals surface area contributed by atoms with Crippen molar-refractivity contribution in [1.29, 1.82) is 0 Å². The number of carboxylic acid groups (broad SMARTS) is 1. The Kier molecular flexibility index (Phi) is 3.24. The molecule has 5 nitrogen and oxygen atoms in total. The van der Waals surface area contributed by atoms with Gasteiger partial charge >= 0.3 is 5.97 Å². The molecule has 0 aliphatic heterocycles. The van der Waals surface area contributed by atoms with Crippen molar-refractivity contribution in [2.24, 2.45) is 5.73 Å². The average Bonchev–Trinajstić information content (AvgIpc) is 2.52. The van der Waals surface area contributed by atoms with Crippen molar-refractivity contribution in [2.75, 3.05) is 0 Å². The summed E-state index contributed by atoms with van der Waals surface area (Å²) in [5.41, 5.74) is 6.25. The smallest absolute Gasteiger partial charge is 0.320 e. The van der Waals surface area contributed by atoms with Gasteiger partial charge < -0.3 is 10.8 Å². The molecule has 1 atom stereocenters. The van der Waals surface area contributed by atoms with Crippen LogP contribution in [0, 0.1) is 0 Å². The van der Waals surface area contributed by atoms with Gasteiger partial charge in [-0.25, -0.2) is 0 Å². The number of hydrogen-bond donors (Lipinski definition) is 2. The number of rotatable bonds is 4. The maximum atomic E-state index is 10.5. The number of aromatic nitrogens is 2. The van der Waals surface area contributed by atoms with E-state index in [1.54, 1.807) is 10.9 Å². The minimum Gasteiger partial charge on any atom is -0.480 e. The fourth-order valence-corrected chi connectivity index (χ4v) is 1.11. The van der Waals surface area contributed by atoms with Crippen molar-refractivity contribution >= 4 is 5.97 Å². The molecule has 0 aliphatic rings. The first-order valence-electron chi connectivity index (χ1n) is 4.52. The van der Waals surface area contributed by atoms with Gasteiger partial charge in [-0.3, -0.25) is 9.48 Å². The van der Waals surface area contributed by atoms with Crippen molar-refractivity contribution in [3.63, 3.8) is 0 Å². The van der Waals surface area contributed by atoms with Crippen LogP contribution in [-0.2, 0) is 11.2 Å². The van der Waals surface area contributed by atoms with E-state index in [1.807, 2.05) is 20.0 Å².